The molecule has 0 aliphatic rings. The maximum Gasteiger partial charge on any atom is 0.254 e. The van der Waals surface area contributed by atoms with Crippen LogP contribution in [0.25, 0.3) is 0 Å². The normalized spacial score (nSPS) is 12.9. The molecule has 1 unspecified atom stereocenters. The quantitative estimate of drug-likeness (QED) is 0.918. The van der Waals surface area contributed by atoms with Crippen molar-refractivity contribution in [3.05, 3.63) is 54.0 Å². The third-order valence-electron chi connectivity index (χ3n) is 3.01. The second kappa shape index (κ2) is 6.13. The lowest BCUT2D eigenvalue weighted by atomic mass is 10.2. The first-order valence-electron chi connectivity index (χ1n) is 6.51. The standard InChI is InChI=1S/C15H17NO4S/c1-11-3-5-14(6-4-11)21(18,19)10-12(2)16-15(17)13-7-8-20-9-13/h3-9,12H,10H2,1-2H3,(H,16,17). The van der Waals surface area contributed by atoms with Gasteiger partial charge in [0.2, 0.25) is 0 Å². The Labute approximate surface area is 123 Å². The summed E-state index contributed by atoms with van der Waals surface area (Å²) in [5, 5.41) is 2.64. The van der Waals surface area contributed by atoms with Gasteiger partial charge < -0.3 is 9.73 Å². The Hall–Kier alpha value is -2.08. The number of hydrogen-bond acceptors (Lipinski definition) is 4. The van der Waals surface area contributed by atoms with Crippen LogP contribution in [0.1, 0.15) is 22.8 Å². The van der Waals surface area contributed by atoms with Gasteiger partial charge in [-0.2, -0.15) is 0 Å². The lowest BCUT2D eigenvalue weighted by Gasteiger charge is -2.13. The van der Waals surface area contributed by atoms with Gasteiger partial charge in [0.1, 0.15) is 6.26 Å². The fourth-order valence-electron chi connectivity index (χ4n) is 1.91. The molecule has 112 valence electrons. The van der Waals surface area contributed by atoms with Crippen molar-refractivity contribution in [1.82, 2.24) is 5.32 Å². The van der Waals surface area contributed by atoms with Crippen LogP contribution >= 0.6 is 0 Å². The van der Waals surface area contributed by atoms with Crippen molar-refractivity contribution in [1.29, 1.82) is 0 Å². The molecule has 1 amide bonds. The van der Waals surface area contributed by atoms with E-state index in [4.69, 9.17) is 4.42 Å². The van der Waals surface area contributed by atoms with Crippen LogP contribution in [0.15, 0.2) is 52.2 Å². The first-order valence-corrected chi connectivity index (χ1v) is 8.16. The summed E-state index contributed by atoms with van der Waals surface area (Å²) in [6.45, 7) is 3.55. The lowest BCUT2D eigenvalue weighted by Crippen LogP contribution is -2.37. The highest BCUT2D eigenvalue weighted by Crippen LogP contribution is 2.13. The fourth-order valence-corrected chi connectivity index (χ4v) is 3.40. The molecule has 5 nitrogen and oxygen atoms in total. The van der Waals surface area contributed by atoms with Crippen LogP contribution in [-0.2, 0) is 9.84 Å². The van der Waals surface area contributed by atoms with Gasteiger partial charge in [0.25, 0.3) is 5.91 Å². The summed E-state index contributed by atoms with van der Waals surface area (Å²) in [6.07, 6.45) is 2.71. The first kappa shape index (κ1) is 15.3. The Balaban J connectivity index is 2.03. The largest absolute Gasteiger partial charge is 0.472 e. The van der Waals surface area contributed by atoms with E-state index in [2.05, 4.69) is 5.32 Å². The number of amides is 1. The zero-order valence-corrected chi connectivity index (χ0v) is 12.7. The summed E-state index contributed by atoms with van der Waals surface area (Å²) in [5.74, 6) is -0.505. The molecular formula is C15H17NO4S. The summed E-state index contributed by atoms with van der Waals surface area (Å²) in [6, 6.07) is 7.68. The fraction of sp³-hybridized carbons (Fsp3) is 0.267. The molecule has 0 saturated carbocycles. The molecule has 0 aliphatic heterocycles. The van der Waals surface area contributed by atoms with E-state index < -0.39 is 15.9 Å². The Morgan fingerprint density at radius 2 is 1.90 bits per heavy atom. The topological polar surface area (TPSA) is 76.4 Å². The van der Waals surface area contributed by atoms with E-state index in [0.717, 1.165) is 5.56 Å². The minimum absolute atomic E-state index is 0.153. The van der Waals surface area contributed by atoms with E-state index in [9.17, 15) is 13.2 Å². The predicted molar refractivity (Wildman–Crippen MR) is 78.9 cm³/mol. The molecule has 2 aromatic rings. The highest BCUT2D eigenvalue weighted by molar-refractivity contribution is 7.91. The van der Waals surface area contributed by atoms with Crippen molar-refractivity contribution in [2.24, 2.45) is 0 Å². The third kappa shape index (κ3) is 3.95. The van der Waals surface area contributed by atoms with Crippen LogP contribution < -0.4 is 5.32 Å². The molecule has 1 aromatic heterocycles. The maximum absolute atomic E-state index is 12.3. The van der Waals surface area contributed by atoms with Crippen molar-refractivity contribution < 1.29 is 17.6 Å². The molecule has 0 bridgehead atoms. The summed E-state index contributed by atoms with van der Waals surface area (Å²) >= 11 is 0. The van der Waals surface area contributed by atoms with Gasteiger partial charge in [-0.3, -0.25) is 4.79 Å². The number of carbonyl (C=O) groups is 1. The van der Waals surface area contributed by atoms with Crippen LogP contribution in [0.2, 0.25) is 0 Å². The van der Waals surface area contributed by atoms with E-state index in [1.54, 1.807) is 31.2 Å². The Morgan fingerprint density at radius 3 is 2.48 bits per heavy atom. The molecule has 0 fully saturated rings. The lowest BCUT2D eigenvalue weighted by molar-refractivity contribution is 0.0943. The minimum Gasteiger partial charge on any atom is -0.472 e. The number of sulfone groups is 1. The van der Waals surface area contributed by atoms with Gasteiger partial charge in [-0.15, -0.1) is 0 Å². The molecule has 1 heterocycles. The molecular weight excluding hydrogens is 290 g/mol. The monoisotopic (exact) mass is 307 g/mol. The maximum atomic E-state index is 12.3. The molecule has 1 N–H and O–H groups in total. The van der Waals surface area contributed by atoms with E-state index in [1.165, 1.54) is 18.6 Å². The summed E-state index contributed by atoms with van der Waals surface area (Å²) in [5.41, 5.74) is 1.37. The number of carbonyl (C=O) groups excluding carboxylic acids is 1. The molecule has 1 atom stereocenters. The second-order valence-electron chi connectivity index (χ2n) is 4.98. The average molecular weight is 307 g/mol. The molecule has 21 heavy (non-hydrogen) atoms. The van der Waals surface area contributed by atoms with Crippen molar-refractivity contribution in [3.8, 4) is 0 Å². The van der Waals surface area contributed by atoms with E-state index in [1.807, 2.05) is 6.92 Å². The van der Waals surface area contributed by atoms with Crippen LogP contribution in [0, 0.1) is 6.92 Å². The van der Waals surface area contributed by atoms with Crippen LogP contribution in [0.3, 0.4) is 0 Å². The Morgan fingerprint density at radius 1 is 1.24 bits per heavy atom. The SMILES string of the molecule is Cc1ccc(S(=O)(=O)CC(C)NC(=O)c2ccoc2)cc1. The average Bonchev–Trinajstić information content (AvgIpc) is 2.92. The van der Waals surface area contributed by atoms with E-state index in [0.29, 0.717) is 5.56 Å². The number of hydrogen-bond donors (Lipinski definition) is 1. The number of aryl methyl sites for hydroxylation is 1. The molecule has 1 aromatic carbocycles. The smallest absolute Gasteiger partial charge is 0.254 e. The van der Waals surface area contributed by atoms with Gasteiger partial charge in [-0.1, -0.05) is 17.7 Å². The third-order valence-corrected chi connectivity index (χ3v) is 4.94. The molecule has 6 heteroatoms. The molecule has 0 aliphatic carbocycles. The predicted octanol–water partition coefficient (Wildman–Crippen LogP) is 2.18. The first-order chi connectivity index (χ1) is 9.88. The molecule has 0 radical (unpaired) electrons. The zero-order valence-electron chi connectivity index (χ0n) is 11.9. The van der Waals surface area contributed by atoms with Crippen molar-refractivity contribution in [2.45, 2.75) is 24.8 Å². The van der Waals surface area contributed by atoms with Crippen molar-refractivity contribution in [2.75, 3.05) is 5.75 Å². The van der Waals surface area contributed by atoms with Gasteiger partial charge in [0.05, 0.1) is 22.5 Å². The second-order valence-corrected chi connectivity index (χ2v) is 7.02. The van der Waals surface area contributed by atoms with Gasteiger partial charge in [0.15, 0.2) is 9.84 Å². The number of nitrogens with one attached hydrogen (secondary N) is 1. The minimum atomic E-state index is -3.43. The highest BCUT2D eigenvalue weighted by atomic mass is 32.2. The van der Waals surface area contributed by atoms with Crippen LogP contribution in [0.5, 0.6) is 0 Å². The Kier molecular flexibility index (Phi) is 4.47. The van der Waals surface area contributed by atoms with Crippen molar-refractivity contribution >= 4 is 15.7 Å². The summed E-state index contributed by atoms with van der Waals surface area (Å²) < 4.78 is 29.3. The summed E-state index contributed by atoms with van der Waals surface area (Å²) in [7, 11) is -3.43. The van der Waals surface area contributed by atoms with Gasteiger partial charge in [-0.05, 0) is 32.0 Å². The Bertz CT molecular complexity index is 703. The highest BCUT2D eigenvalue weighted by Gasteiger charge is 2.20. The molecule has 0 spiro atoms. The number of furan rings is 1. The van der Waals surface area contributed by atoms with Gasteiger partial charge in [-0.25, -0.2) is 8.42 Å². The molecule has 0 saturated heterocycles. The van der Waals surface area contributed by atoms with Crippen molar-refractivity contribution in [3.63, 3.8) is 0 Å². The molecule has 2 rings (SSSR count). The van der Waals surface area contributed by atoms with E-state index >= 15 is 0 Å². The van der Waals surface area contributed by atoms with Crippen LogP contribution in [0.4, 0.5) is 0 Å². The summed E-state index contributed by atoms with van der Waals surface area (Å²) in [4.78, 5) is 12.1. The zero-order chi connectivity index (χ0) is 15.5. The number of benzene rings is 1. The van der Waals surface area contributed by atoms with Gasteiger partial charge >= 0.3 is 0 Å². The van der Waals surface area contributed by atoms with E-state index in [-0.39, 0.29) is 16.6 Å². The van der Waals surface area contributed by atoms with Crippen LogP contribution in [-0.4, -0.2) is 26.1 Å². The van der Waals surface area contributed by atoms with Gasteiger partial charge in [0, 0.05) is 6.04 Å². The number of rotatable bonds is 5.